The van der Waals surface area contributed by atoms with Crippen LogP contribution >= 0.6 is 23.1 Å². The molecule has 1 fully saturated rings. The molecule has 0 radical (unpaired) electrons. The number of thioether (sulfide) groups is 1. The summed E-state index contributed by atoms with van der Waals surface area (Å²) in [4.78, 5) is 31.4. The Kier molecular flexibility index (Phi) is 7.56. The van der Waals surface area contributed by atoms with Gasteiger partial charge in [-0.25, -0.2) is 0 Å². The lowest BCUT2D eigenvalue weighted by atomic mass is 10.1. The molecule has 1 aromatic heterocycles. The molecule has 2 aromatic rings. The number of rotatable bonds is 7. The summed E-state index contributed by atoms with van der Waals surface area (Å²) in [6.45, 7) is 7.05. The summed E-state index contributed by atoms with van der Waals surface area (Å²) in [5.74, 6) is 1.33. The number of carbonyl (C=O) groups is 2. The lowest BCUT2D eigenvalue weighted by Crippen LogP contribution is -2.36. The van der Waals surface area contributed by atoms with Gasteiger partial charge in [-0.2, -0.15) is 4.99 Å². The van der Waals surface area contributed by atoms with Crippen LogP contribution in [0.5, 0.6) is 5.75 Å². The van der Waals surface area contributed by atoms with E-state index in [4.69, 9.17) is 4.74 Å². The smallest absolute Gasteiger partial charge is 0.258 e. The van der Waals surface area contributed by atoms with Crippen molar-refractivity contribution in [3.05, 3.63) is 23.0 Å². The maximum Gasteiger partial charge on any atom is 0.258 e. The molecule has 1 aliphatic rings. The van der Waals surface area contributed by atoms with Crippen molar-refractivity contribution in [2.24, 2.45) is 4.99 Å². The third-order valence-corrected chi connectivity index (χ3v) is 6.60. The molecule has 6 nitrogen and oxygen atoms in total. The fraction of sp³-hybridized carbons (Fsp3) is 0.550. The molecule has 0 bridgehead atoms. The molecule has 3 rings (SSSR count). The minimum Gasteiger partial charge on any atom is -0.494 e. The highest BCUT2D eigenvalue weighted by Crippen LogP contribution is 2.23. The molecule has 8 heteroatoms. The van der Waals surface area contributed by atoms with Crippen molar-refractivity contribution in [2.75, 3.05) is 31.2 Å². The minimum absolute atomic E-state index is 0.131. The van der Waals surface area contributed by atoms with E-state index in [-0.39, 0.29) is 17.6 Å². The third kappa shape index (κ3) is 5.17. The van der Waals surface area contributed by atoms with Crippen LogP contribution in [-0.2, 0) is 16.1 Å². The van der Waals surface area contributed by atoms with E-state index in [1.165, 1.54) is 29.5 Å². The van der Waals surface area contributed by atoms with E-state index in [2.05, 4.69) is 4.99 Å². The van der Waals surface area contributed by atoms with Crippen LogP contribution in [-0.4, -0.2) is 52.5 Å². The van der Waals surface area contributed by atoms with E-state index >= 15 is 0 Å². The van der Waals surface area contributed by atoms with Gasteiger partial charge in [0.15, 0.2) is 4.80 Å². The first-order chi connectivity index (χ1) is 13.6. The third-order valence-electron chi connectivity index (χ3n) is 4.66. The Morgan fingerprint density at radius 2 is 1.96 bits per heavy atom. The van der Waals surface area contributed by atoms with Crippen LogP contribution in [0, 0.1) is 0 Å². The summed E-state index contributed by atoms with van der Waals surface area (Å²) < 4.78 is 8.65. The second-order valence-electron chi connectivity index (χ2n) is 6.63. The van der Waals surface area contributed by atoms with Crippen molar-refractivity contribution < 1.29 is 14.3 Å². The largest absolute Gasteiger partial charge is 0.494 e. The molecule has 0 aliphatic carbocycles. The fourth-order valence-electron chi connectivity index (χ4n) is 3.30. The number of fused-ring (bicyclic) bond motifs is 1. The number of benzene rings is 1. The van der Waals surface area contributed by atoms with Crippen molar-refractivity contribution >= 4 is 45.1 Å². The Hall–Kier alpha value is -1.80. The van der Waals surface area contributed by atoms with Gasteiger partial charge in [-0.1, -0.05) is 11.3 Å². The van der Waals surface area contributed by atoms with Gasteiger partial charge < -0.3 is 14.2 Å². The van der Waals surface area contributed by atoms with Crippen LogP contribution in [0.2, 0.25) is 0 Å². The average Bonchev–Trinajstić information content (AvgIpc) is 3.04. The summed E-state index contributed by atoms with van der Waals surface area (Å²) in [5, 5.41) is 0. The standard InChI is InChI=1S/C20H27N3O3S2/c1-3-23-16-9-8-15(26-4-2)12-17(16)28-20(23)21-18(24)13-27-14-19(25)22-10-6-5-7-11-22/h8-9,12H,3-7,10-11,13-14H2,1-2H3. The maximum atomic E-state index is 12.3. The van der Waals surface area contributed by atoms with Crippen molar-refractivity contribution in [3.63, 3.8) is 0 Å². The summed E-state index contributed by atoms with van der Waals surface area (Å²) >= 11 is 2.84. The van der Waals surface area contributed by atoms with Crippen LogP contribution in [0.4, 0.5) is 0 Å². The van der Waals surface area contributed by atoms with E-state index in [0.29, 0.717) is 17.2 Å². The van der Waals surface area contributed by atoms with Gasteiger partial charge in [0, 0.05) is 19.6 Å². The van der Waals surface area contributed by atoms with Crippen molar-refractivity contribution in [2.45, 2.75) is 39.7 Å². The number of aryl methyl sites for hydroxylation is 1. The van der Waals surface area contributed by atoms with Gasteiger partial charge in [-0.05, 0) is 51.3 Å². The Labute approximate surface area is 173 Å². The number of hydrogen-bond acceptors (Lipinski definition) is 5. The molecule has 1 aromatic carbocycles. The second kappa shape index (κ2) is 10.1. The normalized spacial score (nSPS) is 15.2. The van der Waals surface area contributed by atoms with E-state index < -0.39 is 0 Å². The van der Waals surface area contributed by atoms with Crippen LogP contribution in [0.15, 0.2) is 23.2 Å². The fourth-order valence-corrected chi connectivity index (χ4v) is 5.14. The van der Waals surface area contributed by atoms with Crippen molar-refractivity contribution in [1.82, 2.24) is 9.47 Å². The van der Waals surface area contributed by atoms with Crippen LogP contribution in [0.1, 0.15) is 33.1 Å². The highest BCUT2D eigenvalue weighted by Gasteiger charge is 2.16. The maximum absolute atomic E-state index is 12.3. The number of thiazole rings is 1. The Balaban J connectivity index is 1.65. The predicted octanol–water partition coefficient (Wildman–Crippen LogP) is 3.29. The molecule has 0 unspecified atom stereocenters. The van der Waals surface area contributed by atoms with Gasteiger partial charge in [0.2, 0.25) is 5.91 Å². The Bertz CT molecular complexity index is 898. The van der Waals surface area contributed by atoms with E-state index in [1.807, 2.05) is 41.5 Å². The number of nitrogens with zero attached hydrogens (tertiary/aromatic N) is 3. The zero-order valence-electron chi connectivity index (χ0n) is 16.5. The summed E-state index contributed by atoms with van der Waals surface area (Å²) in [7, 11) is 0. The molecule has 0 spiro atoms. The molecule has 2 amide bonds. The van der Waals surface area contributed by atoms with Crippen molar-refractivity contribution in [3.8, 4) is 5.75 Å². The van der Waals surface area contributed by atoms with E-state index in [0.717, 1.165) is 48.4 Å². The lowest BCUT2D eigenvalue weighted by molar-refractivity contribution is -0.129. The number of ether oxygens (including phenoxy) is 1. The molecular formula is C20H27N3O3S2. The first-order valence-electron chi connectivity index (χ1n) is 9.81. The van der Waals surface area contributed by atoms with Gasteiger partial charge in [-0.15, -0.1) is 11.8 Å². The van der Waals surface area contributed by atoms with Crippen LogP contribution in [0.25, 0.3) is 10.2 Å². The van der Waals surface area contributed by atoms with Gasteiger partial charge >= 0.3 is 0 Å². The van der Waals surface area contributed by atoms with Gasteiger partial charge in [0.25, 0.3) is 5.91 Å². The highest BCUT2D eigenvalue weighted by molar-refractivity contribution is 8.00. The van der Waals surface area contributed by atoms with E-state index in [9.17, 15) is 9.59 Å². The Morgan fingerprint density at radius 1 is 1.18 bits per heavy atom. The minimum atomic E-state index is -0.199. The van der Waals surface area contributed by atoms with Crippen molar-refractivity contribution in [1.29, 1.82) is 0 Å². The predicted molar refractivity (Wildman–Crippen MR) is 115 cm³/mol. The van der Waals surface area contributed by atoms with Crippen LogP contribution < -0.4 is 9.54 Å². The number of aromatic nitrogens is 1. The average molecular weight is 422 g/mol. The zero-order chi connectivity index (χ0) is 19.9. The lowest BCUT2D eigenvalue weighted by Gasteiger charge is -2.26. The quantitative estimate of drug-likeness (QED) is 0.688. The molecule has 2 heterocycles. The van der Waals surface area contributed by atoms with E-state index in [1.54, 1.807) is 0 Å². The van der Waals surface area contributed by atoms with Gasteiger partial charge in [0.1, 0.15) is 5.75 Å². The number of likely N-dealkylation sites (tertiary alicyclic amines) is 1. The first kappa shape index (κ1) is 20.9. The molecule has 152 valence electrons. The molecule has 28 heavy (non-hydrogen) atoms. The van der Waals surface area contributed by atoms with Crippen LogP contribution in [0.3, 0.4) is 0 Å². The molecule has 0 atom stereocenters. The molecule has 1 aliphatic heterocycles. The molecule has 0 N–H and O–H groups in total. The second-order valence-corrected chi connectivity index (χ2v) is 8.63. The summed E-state index contributed by atoms with van der Waals surface area (Å²) in [5.41, 5.74) is 1.05. The number of hydrogen-bond donors (Lipinski definition) is 0. The number of piperidine rings is 1. The van der Waals surface area contributed by atoms with Gasteiger partial charge in [0.05, 0.1) is 28.3 Å². The number of carbonyl (C=O) groups excluding carboxylic acids is 2. The topological polar surface area (TPSA) is 63.9 Å². The molecule has 1 saturated heterocycles. The molecular weight excluding hydrogens is 394 g/mol. The number of amides is 2. The summed E-state index contributed by atoms with van der Waals surface area (Å²) in [6, 6.07) is 5.94. The molecule has 0 saturated carbocycles. The monoisotopic (exact) mass is 421 g/mol. The van der Waals surface area contributed by atoms with Gasteiger partial charge in [-0.3, -0.25) is 9.59 Å². The zero-order valence-corrected chi connectivity index (χ0v) is 18.1. The summed E-state index contributed by atoms with van der Waals surface area (Å²) in [6.07, 6.45) is 3.37. The first-order valence-corrected chi connectivity index (χ1v) is 11.8. The Morgan fingerprint density at radius 3 is 2.68 bits per heavy atom. The SMILES string of the molecule is CCOc1ccc2c(c1)sc(=NC(=O)CSCC(=O)N1CCCCC1)n2CC. The highest BCUT2D eigenvalue weighted by atomic mass is 32.2.